The van der Waals surface area contributed by atoms with Gasteiger partial charge in [-0.05, 0) is 46.4 Å². The van der Waals surface area contributed by atoms with Crippen LogP contribution >= 0.6 is 0 Å². The quantitative estimate of drug-likeness (QED) is 0.654. The summed E-state index contributed by atoms with van der Waals surface area (Å²) in [6, 6.07) is 0.692. The third-order valence-corrected chi connectivity index (χ3v) is 2.72. The molecule has 0 radical (unpaired) electrons. The van der Waals surface area contributed by atoms with Gasteiger partial charge in [-0.1, -0.05) is 20.3 Å². The molecule has 0 aliphatic heterocycles. The highest BCUT2D eigenvalue weighted by Gasteiger charge is 2.09. The molecule has 0 aromatic rings. The Kier molecular flexibility index (Phi) is 7.29. The number of nitrogens with zero attached hydrogens (tertiary/aromatic N) is 1. The standard InChI is InChI=1S/C11H26N2/c1-6-10(2)9-11(12-3)7-8-13(4)5/h10-12H,6-9H2,1-5H3. The summed E-state index contributed by atoms with van der Waals surface area (Å²) in [5.74, 6) is 0.847. The van der Waals surface area contributed by atoms with Crippen LogP contribution in [0.25, 0.3) is 0 Å². The van der Waals surface area contributed by atoms with E-state index in [1.54, 1.807) is 0 Å². The van der Waals surface area contributed by atoms with Crippen LogP contribution in [0.5, 0.6) is 0 Å². The van der Waals surface area contributed by atoms with Crippen molar-refractivity contribution in [2.24, 2.45) is 5.92 Å². The van der Waals surface area contributed by atoms with Crippen LogP contribution < -0.4 is 5.32 Å². The maximum Gasteiger partial charge on any atom is 0.00787 e. The van der Waals surface area contributed by atoms with E-state index in [1.165, 1.54) is 25.8 Å². The lowest BCUT2D eigenvalue weighted by molar-refractivity contribution is 0.332. The van der Waals surface area contributed by atoms with Gasteiger partial charge in [0.05, 0.1) is 0 Å². The molecule has 0 saturated carbocycles. The molecule has 0 spiro atoms. The van der Waals surface area contributed by atoms with Gasteiger partial charge in [0.25, 0.3) is 0 Å². The predicted octanol–water partition coefficient (Wildman–Crippen LogP) is 1.96. The first-order chi connectivity index (χ1) is 6.10. The number of hydrogen-bond acceptors (Lipinski definition) is 2. The van der Waals surface area contributed by atoms with Crippen LogP contribution in [0.2, 0.25) is 0 Å². The second-order valence-electron chi connectivity index (χ2n) is 4.33. The summed E-state index contributed by atoms with van der Waals surface area (Å²) in [5, 5.41) is 3.40. The molecule has 2 atom stereocenters. The number of nitrogens with one attached hydrogen (secondary N) is 1. The highest BCUT2D eigenvalue weighted by molar-refractivity contribution is 4.68. The maximum absolute atomic E-state index is 3.40. The molecule has 2 nitrogen and oxygen atoms in total. The molecular weight excluding hydrogens is 160 g/mol. The van der Waals surface area contributed by atoms with Crippen molar-refractivity contribution in [3.63, 3.8) is 0 Å². The predicted molar refractivity (Wildman–Crippen MR) is 60.1 cm³/mol. The van der Waals surface area contributed by atoms with Gasteiger partial charge in [0, 0.05) is 6.04 Å². The SMILES string of the molecule is CCC(C)CC(CCN(C)C)NC. The Morgan fingerprint density at radius 1 is 1.31 bits per heavy atom. The van der Waals surface area contributed by atoms with Crippen molar-refractivity contribution < 1.29 is 0 Å². The van der Waals surface area contributed by atoms with E-state index in [1.807, 2.05) is 0 Å². The Bertz CT molecular complexity index is 113. The normalized spacial score (nSPS) is 16.2. The monoisotopic (exact) mass is 186 g/mol. The fourth-order valence-corrected chi connectivity index (χ4v) is 1.45. The average Bonchev–Trinajstić information content (AvgIpc) is 2.11. The Hall–Kier alpha value is -0.0800. The fourth-order valence-electron chi connectivity index (χ4n) is 1.45. The van der Waals surface area contributed by atoms with E-state index in [-0.39, 0.29) is 0 Å². The Morgan fingerprint density at radius 3 is 2.31 bits per heavy atom. The minimum Gasteiger partial charge on any atom is -0.317 e. The molecule has 0 saturated heterocycles. The van der Waals surface area contributed by atoms with Gasteiger partial charge in [-0.25, -0.2) is 0 Å². The van der Waals surface area contributed by atoms with Crippen LogP contribution in [0.15, 0.2) is 0 Å². The van der Waals surface area contributed by atoms with Gasteiger partial charge in [0.15, 0.2) is 0 Å². The van der Waals surface area contributed by atoms with E-state index in [2.05, 4.69) is 45.2 Å². The fraction of sp³-hybridized carbons (Fsp3) is 1.00. The van der Waals surface area contributed by atoms with Crippen molar-refractivity contribution in [1.82, 2.24) is 10.2 Å². The molecule has 2 heteroatoms. The molecular formula is C11H26N2. The van der Waals surface area contributed by atoms with Gasteiger partial charge < -0.3 is 10.2 Å². The largest absolute Gasteiger partial charge is 0.317 e. The van der Waals surface area contributed by atoms with E-state index < -0.39 is 0 Å². The number of rotatable bonds is 7. The molecule has 0 aliphatic rings. The first-order valence-electron chi connectivity index (χ1n) is 5.42. The van der Waals surface area contributed by atoms with Gasteiger partial charge >= 0.3 is 0 Å². The van der Waals surface area contributed by atoms with Gasteiger partial charge in [-0.3, -0.25) is 0 Å². The lowest BCUT2D eigenvalue weighted by Crippen LogP contribution is -2.31. The van der Waals surface area contributed by atoms with Crippen LogP contribution in [0.4, 0.5) is 0 Å². The van der Waals surface area contributed by atoms with Crippen LogP contribution in [-0.4, -0.2) is 38.6 Å². The Balaban J connectivity index is 3.62. The summed E-state index contributed by atoms with van der Waals surface area (Å²) in [6.45, 7) is 5.78. The van der Waals surface area contributed by atoms with E-state index in [0.29, 0.717) is 6.04 Å². The molecule has 0 aromatic heterocycles. The van der Waals surface area contributed by atoms with Gasteiger partial charge in [0.2, 0.25) is 0 Å². The third-order valence-electron chi connectivity index (χ3n) is 2.72. The van der Waals surface area contributed by atoms with E-state index in [4.69, 9.17) is 0 Å². The van der Waals surface area contributed by atoms with Crippen LogP contribution in [-0.2, 0) is 0 Å². The molecule has 0 aliphatic carbocycles. The van der Waals surface area contributed by atoms with Crippen molar-refractivity contribution in [1.29, 1.82) is 0 Å². The smallest absolute Gasteiger partial charge is 0.00787 e. The van der Waals surface area contributed by atoms with Gasteiger partial charge in [0.1, 0.15) is 0 Å². The second kappa shape index (κ2) is 7.34. The summed E-state index contributed by atoms with van der Waals surface area (Å²) < 4.78 is 0. The highest BCUT2D eigenvalue weighted by Crippen LogP contribution is 2.11. The van der Waals surface area contributed by atoms with Crippen LogP contribution in [0.1, 0.15) is 33.1 Å². The summed E-state index contributed by atoms with van der Waals surface area (Å²) in [5.41, 5.74) is 0. The Labute approximate surface area is 83.7 Å². The zero-order valence-corrected chi connectivity index (χ0v) is 9.93. The topological polar surface area (TPSA) is 15.3 Å². The lowest BCUT2D eigenvalue weighted by atomic mass is 9.97. The molecule has 0 rings (SSSR count). The zero-order chi connectivity index (χ0) is 10.3. The summed E-state index contributed by atoms with van der Waals surface area (Å²) in [4.78, 5) is 2.25. The van der Waals surface area contributed by atoms with E-state index in [9.17, 15) is 0 Å². The summed E-state index contributed by atoms with van der Waals surface area (Å²) in [7, 11) is 6.34. The van der Waals surface area contributed by atoms with Gasteiger partial charge in [-0.15, -0.1) is 0 Å². The summed E-state index contributed by atoms with van der Waals surface area (Å²) >= 11 is 0. The summed E-state index contributed by atoms with van der Waals surface area (Å²) in [6.07, 6.45) is 3.86. The van der Waals surface area contributed by atoms with Crippen LogP contribution in [0, 0.1) is 5.92 Å². The van der Waals surface area contributed by atoms with Crippen molar-refractivity contribution >= 4 is 0 Å². The molecule has 0 fully saturated rings. The minimum atomic E-state index is 0.692. The minimum absolute atomic E-state index is 0.692. The van der Waals surface area contributed by atoms with Crippen molar-refractivity contribution in [3.8, 4) is 0 Å². The van der Waals surface area contributed by atoms with E-state index >= 15 is 0 Å². The first kappa shape index (κ1) is 12.9. The second-order valence-corrected chi connectivity index (χ2v) is 4.33. The zero-order valence-electron chi connectivity index (χ0n) is 9.93. The first-order valence-corrected chi connectivity index (χ1v) is 5.42. The lowest BCUT2D eigenvalue weighted by Gasteiger charge is -2.21. The molecule has 0 amide bonds. The third kappa shape index (κ3) is 7.03. The highest BCUT2D eigenvalue weighted by atomic mass is 15.1. The maximum atomic E-state index is 3.40. The Morgan fingerprint density at radius 2 is 1.92 bits per heavy atom. The van der Waals surface area contributed by atoms with Crippen LogP contribution in [0.3, 0.4) is 0 Å². The molecule has 0 aromatic carbocycles. The van der Waals surface area contributed by atoms with Crippen molar-refractivity contribution in [2.45, 2.75) is 39.2 Å². The molecule has 0 bridgehead atoms. The molecule has 80 valence electrons. The average molecular weight is 186 g/mol. The van der Waals surface area contributed by atoms with Crippen molar-refractivity contribution in [3.05, 3.63) is 0 Å². The van der Waals surface area contributed by atoms with Gasteiger partial charge in [-0.2, -0.15) is 0 Å². The van der Waals surface area contributed by atoms with E-state index in [0.717, 1.165) is 5.92 Å². The van der Waals surface area contributed by atoms with Crippen molar-refractivity contribution in [2.75, 3.05) is 27.7 Å². The molecule has 2 unspecified atom stereocenters. The number of hydrogen-bond donors (Lipinski definition) is 1. The molecule has 13 heavy (non-hydrogen) atoms. The molecule has 1 N–H and O–H groups in total. The molecule has 0 heterocycles.